The molecule has 2 rings (SSSR count). The van der Waals surface area contributed by atoms with E-state index in [1.54, 1.807) is 18.3 Å². The van der Waals surface area contributed by atoms with Crippen LogP contribution >= 0.6 is 35.0 Å². The summed E-state index contributed by atoms with van der Waals surface area (Å²) in [5.41, 5.74) is 1.86. The Hall–Kier alpha value is -1.17. The zero-order valence-electron chi connectivity index (χ0n) is 11.9. The van der Waals surface area contributed by atoms with Gasteiger partial charge in [0.2, 0.25) is 0 Å². The van der Waals surface area contributed by atoms with Gasteiger partial charge in [0.1, 0.15) is 0 Å². The van der Waals surface area contributed by atoms with E-state index >= 15 is 0 Å². The van der Waals surface area contributed by atoms with E-state index in [9.17, 15) is 0 Å². The number of anilines is 1. The molecule has 0 atom stereocenters. The van der Waals surface area contributed by atoms with Gasteiger partial charge in [-0.05, 0) is 50.7 Å². The van der Waals surface area contributed by atoms with Gasteiger partial charge in [-0.15, -0.1) is 0 Å². The van der Waals surface area contributed by atoms with Gasteiger partial charge in [0, 0.05) is 23.6 Å². The van der Waals surface area contributed by atoms with Crippen LogP contribution in [0.5, 0.6) is 0 Å². The fourth-order valence-electron chi connectivity index (χ4n) is 1.63. The number of rotatable bonds is 4. The van der Waals surface area contributed by atoms with Crippen molar-refractivity contribution in [1.29, 1.82) is 0 Å². The second-order valence-electron chi connectivity index (χ2n) is 4.80. The second kappa shape index (κ2) is 7.20. The van der Waals surface area contributed by atoms with Gasteiger partial charge >= 0.3 is 0 Å². The largest absolute Gasteiger partial charge is 0.385 e. The van der Waals surface area contributed by atoms with E-state index in [1.807, 2.05) is 13.0 Å². The summed E-state index contributed by atoms with van der Waals surface area (Å²) >= 11 is 13.3. The Bertz CT molecular complexity index is 623. The lowest BCUT2D eigenvalue weighted by molar-refractivity contribution is 0.668. The summed E-state index contributed by atoms with van der Waals surface area (Å²) < 4.78 is 0. The third-order valence-electron chi connectivity index (χ3n) is 2.44. The Labute approximate surface area is 138 Å². The zero-order chi connectivity index (χ0) is 15.4. The van der Waals surface area contributed by atoms with Gasteiger partial charge in [0.15, 0.2) is 10.3 Å². The van der Waals surface area contributed by atoms with E-state index in [-0.39, 0.29) is 0 Å². The molecule has 1 aliphatic heterocycles. The molecule has 0 amide bonds. The number of allylic oxidation sites excluding steroid dienone is 1. The highest BCUT2D eigenvalue weighted by molar-refractivity contribution is 8.29. The van der Waals surface area contributed by atoms with Gasteiger partial charge in [-0.1, -0.05) is 23.2 Å². The maximum Gasteiger partial charge on any atom is 0.197 e. The lowest BCUT2D eigenvalue weighted by Crippen LogP contribution is -2.21. The van der Waals surface area contributed by atoms with E-state index in [0.717, 1.165) is 21.7 Å². The standard InChI is InChI=1S/C14H16Cl2N4S/c1-8(2)18-9(3)7-17-13-20-14(21-13)19-10-4-5-11(15)12(16)6-10/h4-8,18H,1-3H3,(H,17,19,20). The van der Waals surface area contributed by atoms with Gasteiger partial charge in [-0.3, -0.25) is 0 Å². The topological polar surface area (TPSA) is 48.8 Å². The molecule has 0 aromatic heterocycles. The van der Waals surface area contributed by atoms with E-state index in [0.29, 0.717) is 16.1 Å². The zero-order valence-corrected chi connectivity index (χ0v) is 14.3. The van der Waals surface area contributed by atoms with Crippen molar-refractivity contribution in [2.24, 2.45) is 9.98 Å². The molecule has 1 heterocycles. The summed E-state index contributed by atoms with van der Waals surface area (Å²) in [4.78, 5) is 8.58. The molecule has 0 unspecified atom stereocenters. The number of amidine groups is 2. The van der Waals surface area contributed by atoms with E-state index in [2.05, 4.69) is 34.5 Å². The molecule has 1 aromatic carbocycles. The monoisotopic (exact) mass is 342 g/mol. The van der Waals surface area contributed by atoms with Crippen LogP contribution in [0.3, 0.4) is 0 Å². The van der Waals surface area contributed by atoms with Crippen molar-refractivity contribution >= 4 is 51.0 Å². The molecule has 7 heteroatoms. The Morgan fingerprint density at radius 1 is 1.33 bits per heavy atom. The highest BCUT2D eigenvalue weighted by Gasteiger charge is 2.17. The summed E-state index contributed by atoms with van der Waals surface area (Å²) in [5, 5.41) is 8.97. The third kappa shape index (κ3) is 4.95. The Kier molecular flexibility index (Phi) is 5.56. The number of aliphatic imine (C=N–C) groups is 2. The number of halogens is 2. The molecule has 0 aliphatic carbocycles. The molecule has 1 aliphatic rings. The van der Waals surface area contributed by atoms with Crippen molar-refractivity contribution in [2.75, 3.05) is 5.32 Å². The molecule has 0 spiro atoms. The van der Waals surface area contributed by atoms with Gasteiger partial charge in [-0.2, -0.15) is 4.99 Å². The minimum Gasteiger partial charge on any atom is -0.385 e. The van der Waals surface area contributed by atoms with Crippen molar-refractivity contribution in [3.8, 4) is 0 Å². The van der Waals surface area contributed by atoms with Gasteiger partial charge in [0.25, 0.3) is 0 Å². The van der Waals surface area contributed by atoms with Gasteiger partial charge in [0.05, 0.1) is 10.0 Å². The summed E-state index contributed by atoms with van der Waals surface area (Å²) in [6, 6.07) is 5.75. The van der Waals surface area contributed by atoms with E-state index in [4.69, 9.17) is 23.2 Å². The molecular formula is C14H16Cl2N4S. The van der Waals surface area contributed by atoms with Crippen LogP contribution in [0.15, 0.2) is 40.1 Å². The summed E-state index contributed by atoms with van der Waals surface area (Å²) in [6.45, 7) is 6.14. The van der Waals surface area contributed by atoms with Crippen molar-refractivity contribution in [3.63, 3.8) is 0 Å². The smallest absolute Gasteiger partial charge is 0.197 e. The third-order valence-corrected chi connectivity index (χ3v) is 3.95. The lowest BCUT2D eigenvalue weighted by atomic mass is 10.3. The Morgan fingerprint density at radius 3 is 2.67 bits per heavy atom. The molecule has 0 radical (unpaired) electrons. The van der Waals surface area contributed by atoms with Crippen LogP contribution in [0.1, 0.15) is 20.8 Å². The highest BCUT2D eigenvalue weighted by Crippen LogP contribution is 2.27. The number of benzene rings is 1. The highest BCUT2D eigenvalue weighted by atomic mass is 35.5. The maximum absolute atomic E-state index is 5.96. The predicted octanol–water partition coefficient (Wildman–Crippen LogP) is 4.72. The van der Waals surface area contributed by atoms with Crippen molar-refractivity contribution < 1.29 is 0 Å². The minimum atomic E-state index is 0.394. The van der Waals surface area contributed by atoms with Crippen LogP contribution in [-0.2, 0) is 0 Å². The van der Waals surface area contributed by atoms with E-state index < -0.39 is 0 Å². The van der Waals surface area contributed by atoms with Crippen LogP contribution < -0.4 is 10.6 Å². The average Bonchev–Trinajstić information content (AvgIpc) is 2.35. The predicted molar refractivity (Wildman–Crippen MR) is 94.6 cm³/mol. The fraction of sp³-hybridized carbons (Fsp3) is 0.286. The molecule has 112 valence electrons. The summed E-state index contributed by atoms with van der Waals surface area (Å²) in [7, 11) is 0. The minimum absolute atomic E-state index is 0.394. The lowest BCUT2D eigenvalue weighted by Gasteiger charge is -2.16. The first-order valence-electron chi connectivity index (χ1n) is 6.44. The molecular weight excluding hydrogens is 327 g/mol. The summed E-state index contributed by atoms with van der Waals surface area (Å²) in [6.07, 6.45) is 1.78. The molecule has 0 saturated carbocycles. The van der Waals surface area contributed by atoms with Crippen LogP contribution in [0.4, 0.5) is 5.69 Å². The SMILES string of the molecule is CC(=CN=C1N=C(Nc2ccc(Cl)c(Cl)c2)S1)NC(C)C. The number of nitrogens with zero attached hydrogens (tertiary/aromatic N) is 2. The normalized spacial score (nSPS) is 16.8. The second-order valence-corrected chi connectivity index (χ2v) is 6.57. The average molecular weight is 343 g/mol. The Morgan fingerprint density at radius 2 is 2.05 bits per heavy atom. The number of hydrogen-bond acceptors (Lipinski definition) is 4. The molecule has 0 saturated heterocycles. The van der Waals surface area contributed by atoms with Crippen LogP contribution in [-0.4, -0.2) is 16.4 Å². The van der Waals surface area contributed by atoms with Gasteiger partial charge in [-0.25, -0.2) is 4.99 Å². The van der Waals surface area contributed by atoms with Crippen LogP contribution in [0, 0.1) is 0 Å². The first kappa shape index (κ1) is 16.2. The first-order valence-corrected chi connectivity index (χ1v) is 8.01. The van der Waals surface area contributed by atoms with Crippen molar-refractivity contribution in [2.45, 2.75) is 26.8 Å². The van der Waals surface area contributed by atoms with Crippen molar-refractivity contribution in [1.82, 2.24) is 5.32 Å². The number of hydrogen-bond donors (Lipinski definition) is 2. The molecule has 0 bridgehead atoms. The van der Waals surface area contributed by atoms with Crippen LogP contribution in [0.2, 0.25) is 10.0 Å². The molecule has 21 heavy (non-hydrogen) atoms. The first-order chi connectivity index (χ1) is 9.94. The van der Waals surface area contributed by atoms with Gasteiger partial charge < -0.3 is 10.6 Å². The fourth-order valence-corrected chi connectivity index (χ4v) is 2.51. The van der Waals surface area contributed by atoms with Crippen molar-refractivity contribution in [3.05, 3.63) is 40.1 Å². The molecule has 2 N–H and O–H groups in total. The molecule has 1 aromatic rings. The van der Waals surface area contributed by atoms with Crippen LogP contribution in [0.25, 0.3) is 0 Å². The number of thioether (sulfide) groups is 1. The van der Waals surface area contributed by atoms with E-state index in [1.165, 1.54) is 11.8 Å². The quantitative estimate of drug-likeness (QED) is 0.831. The Balaban J connectivity index is 1.93. The number of nitrogens with one attached hydrogen (secondary N) is 2. The molecule has 4 nitrogen and oxygen atoms in total. The summed E-state index contributed by atoms with van der Waals surface area (Å²) in [5.74, 6) is 0. The maximum atomic E-state index is 5.96. The molecule has 0 fully saturated rings.